The van der Waals surface area contributed by atoms with Gasteiger partial charge in [-0.3, -0.25) is 11.3 Å². The van der Waals surface area contributed by atoms with E-state index in [1.54, 1.807) is 6.07 Å². The fourth-order valence-electron chi connectivity index (χ4n) is 3.46. The fourth-order valence-corrected chi connectivity index (χ4v) is 3.87. The van der Waals surface area contributed by atoms with E-state index >= 15 is 0 Å². The van der Waals surface area contributed by atoms with Gasteiger partial charge in [-0.1, -0.05) is 43.6 Å². The van der Waals surface area contributed by atoms with Gasteiger partial charge < -0.3 is 0 Å². The number of hydrogen-bond acceptors (Lipinski definition) is 2. The van der Waals surface area contributed by atoms with E-state index in [1.165, 1.54) is 6.07 Å². The van der Waals surface area contributed by atoms with Gasteiger partial charge in [0.05, 0.1) is 0 Å². The molecule has 106 valence electrons. The molecule has 1 aliphatic carbocycles. The van der Waals surface area contributed by atoms with Gasteiger partial charge in [0.25, 0.3) is 0 Å². The van der Waals surface area contributed by atoms with Gasteiger partial charge in [-0.2, -0.15) is 0 Å². The highest BCUT2D eigenvalue weighted by atomic mass is 79.9. The van der Waals surface area contributed by atoms with E-state index in [0.717, 1.165) is 4.47 Å². The number of nitrogens with one attached hydrogen (secondary N) is 1. The second kappa shape index (κ2) is 4.83. The Hall–Kier alpha value is -0.450. The molecule has 0 aromatic heterocycles. The van der Waals surface area contributed by atoms with Crippen LogP contribution in [0.15, 0.2) is 22.7 Å². The molecule has 1 saturated carbocycles. The lowest BCUT2D eigenvalue weighted by atomic mass is 9.97. The van der Waals surface area contributed by atoms with Gasteiger partial charge in [-0.15, -0.1) is 0 Å². The maximum atomic E-state index is 13.8. The van der Waals surface area contributed by atoms with Gasteiger partial charge in [-0.05, 0) is 46.9 Å². The Morgan fingerprint density at radius 2 is 1.89 bits per heavy atom. The normalized spacial score (nSPS) is 22.3. The van der Waals surface area contributed by atoms with Crippen molar-refractivity contribution in [2.24, 2.45) is 22.6 Å². The van der Waals surface area contributed by atoms with Crippen LogP contribution in [-0.2, 0) is 6.42 Å². The Balaban J connectivity index is 2.20. The SMILES string of the molecule is CC1(C)C(C(Cc2cc(Br)ccc2F)NN)C1(C)C. The van der Waals surface area contributed by atoms with Crippen LogP contribution in [0.5, 0.6) is 0 Å². The van der Waals surface area contributed by atoms with Crippen molar-refractivity contribution in [1.29, 1.82) is 0 Å². The van der Waals surface area contributed by atoms with Crippen LogP contribution in [0.4, 0.5) is 4.39 Å². The topological polar surface area (TPSA) is 38.0 Å². The van der Waals surface area contributed by atoms with E-state index in [2.05, 4.69) is 49.1 Å². The predicted molar refractivity (Wildman–Crippen MR) is 80.0 cm³/mol. The third-order valence-electron chi connectivity index (χ3n) is 5.20. The minimum absolute atomic E-state index is 0.0915. The summed E-state index contributed by atoms with van der Waals surface area (Å²) in [6.07, 6.45) is 0.610. The zero-order chi connectivity index (χ0) is 14.4. The average Bonchev–Trinajstić information content (AvgIpc) is 2.72. The number of hydrogen-bond donors (Lipinski definition) is 2. The van der Waals surface area contributed by atoms with Crippen LogP contribution < -0.4 is 11.3 Å². The number of hydrazine groups is 1. The molecule has 0 aliphatic heterocycles. The summed E-state index contributed by atoms with van der Waals surface area (Å²) in [7, 11) is 0. The highest BCUT2D eigenvalue weighted by Gasteiger charge is 2.66. The first-order valence-corrected chi connectivity index (χ1v) is 7.41. The smallest absolute Gasteiger partial charge is 0.126 e. The van der Waals surface area contributed by atoms with E-state index in [9.17, 15) is 4.39 Å². The minimum atomic E-state index is -0.167. The van der Waals surface area contributed by atoms with Gasteiger partial charge in [0.2, 0.25) is 0 Å². The third kappa shape index (κ3) is 2.46. The molecule has 0 radical (unpaired) electrons. The number of halogens is 2. The molecule has 0 bridgehead atoms. The molecule has 1 aromatic rings. The number of nitrogens with two attached hydrogens (primary N) is 1. The molecule has 2 rings (SSSR count). The zero-order valence-corrected chi connectivity index (χ0v) is 13.5. The lowest BCUT2D eigenvalue weighted by Crippen LogP contribution is -2.40. The Bertz CT molecular complexity index is 471. The summed E-state index contributed by atoms with van der Waals surface area (Å²) in [5, 5.41) is 0. The highest BCUT2D eigenvalue weighted by Crippen LogP contribution is 2.69. The largest absolute Gasteiger partial charge is 0.271 e. The summed E-state index contributed by atoms with van der Waals surface area (Å²) >= 11 is 3.39. The molecule has 2 nitrogen and oxygen atoms in total. The van der Waals surface area contributed by atoms with E-state index in [1.807, 2.05) is 6.07 Å². The molecule has 19 heavy (non-hydrogen) atoms. The molecule has 1 aromatic carbocycles. The van der Waals surface area contributed by atoms with Crippen molar-refractivity contribution in [3.63, 3.8) is 0 Å². The van der Waals surface area contributed by atoms with Gasteiger partial charge in [0.15, 0.2) is 0 Å². The van der Waals surface area contributed by atoms with Crippen LogP contribution >= 0.6 is 15.9 Å². The van der Waals surface area contributed by atoms with Crippen LogP contribution in [0.2, 0.25) is 0 Å². The highest BCUT2D eigenvalue weighted by molar-refractivity contribution is 9.10. The Morgan fingerprint density at radius 3 is 2.37 bits per heavy atom. The first kappa shape index (κ1) is 14.9. The second-order valence-electron chi connectivity index (χ2n) is 6.63. The monoisotopic (exact) mass is 328 g/mol. The zero-order valence-electron chi connectivity index (χ0n) is 11.9. The van der Waals surface area contributed by atoms with Crippen molar-refractivity contribution < 1.29 is 4.39 Å². The Morgan fingerprint density at radius 1 is 1.32 bits per heavy atom. The summed E-state index contributed by atoms with van der Waals surface area (Å²) in [5.74, 6) is 5.99. The van der Waals surface area contributed by atoms with Crippen LogP contribution in [-0.4, -0.2) is 6.04 Å². The molecule has 4 heteroatoms. The maximum Gasteiger partial charge on any atom is 0.126 e. The van der Waals surface area contributed by atoms with Crippen molar-refractivity contribution in [3.05, 3.63) is 34.1 Å². The third-order valence-corrected chi connectivity index (χ3v) is 5.69. The van der Waals surface area contributed by atoms with Crippen LogP contribution in [0.25, 0.3) is 0 Å². The van der Waals surface area contributed by atoms with Gasteiger partial charge in [-0.25, -0.2) is 4.39 Å². The summed E-state index contributed by atoms with van der Waals surface area (Å²) in [6.45, 7) is 9.00. The molecule has 1 atom stereocenters. The first-order chi connectivity index (χ1) is 8.71. The van der Waals surface area contributed by atoms with Crippen molar-refractivity contribution in [2.45, 2.75) is 40.2 Å². The molecule has 0 spiro atoms. The molecule has 1 fully saturated rings. The number of benzene rings is 1. The molecule has 1 aliphatic rings. The van der Waals surface area contributed by atoms with Gasteiger partial charge in [0, 0.05) is 10.5 Å². The summed E-state index contributed by atoms with van der Waals surface area (Å²) < 4.78 is 14.7. The lowest BCUT2D eigenvalue weighted by molar-refractivity contribution is 0.397. The van der Waals surface area contributed by atoms with Gasteiger partial charge >= 0.3 is 0 Å². The van der Waals surface area contributed by atoms with Crippen molar-refractivity contribution in [1.82, 2.24) is 5.43 Å². The van der Waals surface area contributed by atoms with Crippen LogP contribution in [0.3, 0.4) is 0 Å². The van der Waals surface area contributed by atoms with Gasteiger partial charge in [0.1, 0.15) is 5.82 Å². The molecule has 1 unspecified atom stereocenters. The molecule has 0 amide bonds. The molecule has 0 saturated heterocycles. The Labute approximate surface area is 123 Å². The molecule has 0 heterocycles. The lowest BCUT2D eigenvalue weighted by Gasteiger charge is -2.19. The molecule has 3 N–H and O–H groups in total. The van der Waals surface area contributed by atoms with E-state index < -0.39 is 0 Å². The number of rotatable bonds is 4. The molecular weight excluding hydrogens is 307 g/mol. The average molecular weight is 329 g/mol. The summed E-state index contributed by atoms with van der Waals surface area (Å²) in [5.41, 5.74) is 4.05. The van der Waals surface area contributed by atoms with Crippen molar-refractivity contribution in [2.75, 3.05) is 0 Å². The van der Waals surface area contributed by atoms with Crippen LogP contribution in [0.1, 0.15) is 33.3 Å². The summed E-state index contributed by atoms with van der Waals surface area (Å²) in [4.78, 5) is 0. The summed E-state index contributed by atoms with van der Waals surface area (Å²) in [6, 6.07) is 5.14. The maximum absolute atomic E-state index is 13.8. The van der Waals surface area contributed by atoms with E-state index in [0.29, 0.717) is 17.9 Å². The Kier molecular flexibility index (Phi) is 3.80. The van der Waals surface area contributed by atoms with E-state index in [-0.39, 0.29) is 22.7 Å². The first-order valence-electron chi connectivity index (χ1n) is 6.62. The quantitative estimate of drug-likeness (QED) is 0.654. The second-order valence-corrected chi connectivity index (χ2v) is 7.55. The van der Waals surface area contributed by atoms with Crippen molar-refractivity contribution in [3.8, 4) is 0 Å². The minimum Gasteiger partial charge on any atom is -0.271 e. The predicted octanol–water partition coefficient (Wildman–Crippen LogP) is 3.64. The van der Waals surface area contributed by atoms with Crippen LogP contribution in [0, 0.1) is 22.6 Å². The molecular formula is C15H22BrFN2. The standard InChI is InChI=1S/C15H22BrFN2/c1-14(2)13(15(14,3)4)12(19-18)8-9-7-10(16)5-6-11(9)17/h5-7,12-13,19H,8,18H2,1-4H3. The van der Waals surface area contributed by atoms with E-state index in [4.69, 9.17) is 5.84 Å². The van der Waals surface area contributed by atoms with Crippen molar-refractivity contribution >= 4 is 15.9 Å². The fraction of sp³-hybridized carbons (Fsp3) is 0.600.